The molecule has 1 heteroatoms. The molecule has 0 spiro atoms. The van der Waals surface area contributed by atoms with E-state index in [-0.39, 0.29) is 0 Å². The van der Waals surface area contributed by atoms with Crippen LogP contribution >= 0.6 is 0 Å². The average Bonchev–Trinajstić information content (AvgIpc) is 2.63. The van der Waals surface area contributed by atoms with Gasteiger partial charge >= 0.3 is 0 Å². The summed E-state index contributed by atoms with van der Waals surface area (Å²) < 4.78 is 2.41. The standard InChI is InChI=1S/C24H44N/c1-3-5-7-9-10-11-12-13-15-17-21-25-22-18-20-24(23-25)19-16-14-8-6-4-2/h18,20,22-23H,3-17,19,21H2,1-2H3/q+1. The number of aryl methyl sites for hydroxylation is 2. The third-order valence-electron chi connectivity index (χ3n) is 5.26. The van der Waals surface area contributed by atoms with Crippen molar-refractivity contribution < 1.29 is 4.57 Å². The Morgan fingerprint density at radius 3 is 1.76 bits per heavy atom. The molecule has 1 aromatic rings. The zero-order valence-electron chi connectivity index (χ0n) is 17.3. The van der Waals surface area contributed by atoms with E-state index >= 15 is 0 Å². The van der Waals surface area contributed by atoms with Crippen LogP contribution in [-0.4, -0.2) is 0 Å². The summed E-state index contributed by atoms with van der Waals surface area (Å²) in [5.74, 6) is 0. The minimum absolute atomic E-state index is 1.19. The third-order valence-corrected chi connectivity index (χ3v) is 5.26. The molecule has 0 N–H and O–H groups in total. The van der Waals surface area contributed by atoms with Gasteiger partial charge in [-0.1, -0.05) is 90.9 Å². The van der Waals surface area contributed by atoms with Crippen molar-refractivity contribution in [2.45, 2.75) is 123 Å². The Morgan fingerprint density at radius 1 is 0.640 bits per heavy atom. The molecule has 0 aliphatic rings. The number of hydrogen-bond donors (Lipinski definition) is 0. The Bertz CT molecular complexity index is 399. The predicted octanol–water partition coefficient (Wildman–Crippen LogP) is 7.41. The molecule has 1 aromatic heterocycles. The number of aromatic nitrogens is 1. The molecule has 0 atom stereocenters. The van der Waals surface area contributed by atoms with Crippen LogP contribution in [0.4, 0.5) is 0 Å². The molecule has 1 rings (SSSR count). The third kappa shape index (κ3) is 13.1. The van der Waals surface area contributed by atoms with Crippen molar-refractivity contribution in [3.63, 3.8) is 0 Å². The average molecular weight is 347 g/mol. The molecule has 0 saturated heterocycles. The summed E-state index contributed by atoms with van der Waals surface area (Å²) in [4.78, 5) is 0. The first-order valence-corrected chi connectivity index (χ1v) is 11.3. The highest BCUT2D eigenvalue weighted by atomic mass is 14.9. The molecular formula is C24H44N+. The Balaban J connectivity index is 2.02. The fourth-order valence-electron chi connectivity index (χ4n) is 3.58. The minimum atomic E-state index is 1.19. The van der Waals surface area contributed by atoms with Crippen LogP contribution in [0.2, 0.25) is 0 Å². The normalized spacial score (nSPS) is 11.1. The van der Waals surface area contributed by atoms with Crippen molar-refractivity contribution in [3.8, 4) is 0 Å². The summed E-state index contributed by atoms with van der Waals surface area (Å²) in [5, 5.41) is 0. The predicted molar refractivity (Wildman–Crippen MR) is 111 cm³/mol. The van der Waals surface area contributed by atoms with Gasteiger partial charge < -0.3 is 0 Å². The molecule has 0 aliphatic carbocycles. The number of nitrogens with zero attached hydrogens (tertiary/aromatic N) is 1. The quantitative estimate of drug-likeness (QED) is 0.204. The SMILES string of the molecule is CCCCCCCCCCCC[n+]1cccc(CCCCCCC)c1. The Kier molecular flexibility index (Phi) is 14.7. The van der Waals surface area contributed by atoms with Crippen LogP contribution in [0, 0.1) is 0 Å². The highest BCUT2D eigenvalue weighted by molar-refractivity contribution is 5.05. The van der Waals surface area contributed by atoms with E-state index in [2.05, 4.69) is 42.9 Å². The van der Waals surface area contributed by atoms with Crippen LogP contribution < -0.4 is 4.57 Å². The molecule has 0 aromatic carbocycles. The lowest BCUT2D eigenvalue weighted by molar-refractivity contribution is -0.697. The second-order valence-corrected chi connectivity index (χ2v) is 7.80. The summed E-state index contributed by atoms with van der Waals surface area (Å²) >= 11 is 0. The maximum Gasteiger partial charge on any atom is 0.171 e. The smallest absolute Gasteiger partial charge is 0.171 e. The van der Waals surface area contributed by atoms with Crippen molar-refractivity contribution in [2.75, 3.05) is 0 Å². The molecule has 0 radical (unpaired) electrons. The maximum absolute atomic E-state index is 2.41. The van der Waals surface area contributed by atoms with Crippen molar-refractivity contribution in [3.05, 3.63) is 30.1 Å². The van der Waals surface area contributed by atoms with E-state index in [0.29, 0.717) is 0 Å². The van der Waals surface area contributed by atoms with Crippen LogP contribution in [-0.2, 0) is 13.0 Å². The number of unbranched alkanes of at least 4 members (excludes halogenated alkanes) is 13. The fourth-order valence-corrected chi connectivity index (χ4v) is 3.58. The number of rotatable bonds is 17. The van der Waals surface area contributed by atoms with E-state index in [1.54, 1.807) is 0 Å². The first kappa shape index (κ1) is 22.2. The highest BCUT2D eigenvalue weighted by Crippen LogP contribution is 2.11. The zero-order chi connectivity index (χ0) is 18.0. The van der Waals surface area contributed by atoms with E-state index in [0.717, 1.165) is 0 Å². The van der Waals surface area contributed by atoms with Gasteiger partial charge in [-0.2, -0.15) is 0 Å². The second kappa shape index (κ2) is 16.6. The molecule has 144 valence electrons. The Morgan fingerprint density at radius 2 is 1.16 bits per heavy atom. The van der Waals surface area contributed by atoms with Crippen LogP contribution in [0.3, 0.4) is 0 Å². The Labute approximate surface area is 158 Å². The molecule has 0 unspecified atom stereocenters. The molecule has 0 fully saturated rings. The maximum atomic E-state index is 2.41. The van der Waals surface area contributed by atoms with Gasteiger partial charge in [0.1, 0.15) is 6.54 Å². The van der Waals surface area contributed by atoms with E-state index in [1.165, 1.54) is 115 Å². The first-order valence-electron chi connectivity index (χ1n) is 11.3. The van der Waals surface area contributed by atoms with E-state index < -0.39 is 0 Å². The van der Waals surface area contributed by atoms with Gasteiger partial charge in [-0.25, -0.2) is 4.57 Å². The lowest BCUT2D eigenvalue weighted by atomic mass is 10.1. The molecule has 1 heterocycles. The van der Waals surface area contributed by atoms with Gasteiger partial charge in [-0.05, 0) is 25.3 Å². The highest BCUT2D eigenvalue weighted by Gasteiger charge is 2.03. The van der Waals surface area contributed by atoms with Crippen LogP contribution in [0.15, 0.2) is 24.5 Å². The van der Waals surface area contributed by atoms with Gasteiger partial charge in [0.15, 0.2) is 12.4 Å². The lowest BCUT2D eigenvalue weighted by Crippen LogP contribution is -2.33. The summed E-state index contributed by atoms with van der Waals surface area (Å²) in [6, 6.07) is 4.53. The minimum Gasteiger partial charge on any atom is -0.205 e. The topological polar surface area (TPSA) is 3.88 Å². The molecule has 0 bridgehead atoms. The van der Waals surface area contributed by atoms with Gasteiger partial charge in [0, 0.05) is 18.1 Å². The Hall–Kier alpha value is -0.850. The molecule has 0 aliphatic heterocycles. The van der Waals surface area contributed by atoms with Gasteiger partial charge in [-0.15, -0.1) is 0 Å². The number of pyridine rings is 1. The van der Waals surface area contributed by atoms with Crippen LogP contribution in [0.5, 0.6) is 0 Å². The van der Waals surface area contributed by atoms with Crippen LogP contribution in [0.1, 0.15) is 116 Å². The van der Waals surface area contributed by atoms with Crippen molar-refractivity contribution in [2.24, 2.45) is 0 Å². The van der Waals surface area contributed by atoms with Gasteiger partial charge in [-0.3, -0.25) is 0 Å². The largest absolute Gasteiger partial charge is 0.205 e. The fraction of sp³-hybridized carbons (Fsp3) is 0.792. The first-order chi connectivity index (χ1) is 12.4. The molecule has 25 heavy (non-hydrogen) atoms. The summed E-state index contributed by atoms with van der Waals surface area (Å²) in [6.45, 7) is 5.77. The van der Waals surface area contributed by atoms with Gasteiger partial charge in [0.05, 0.1) is 0 Å². The molecule has 1 nitrogen and oxygen atoms in total. The van der Waals surface area contributed by atoms with Crippen molar-refractivity contribution in [1.29, 1.82) is 0 Å². The van der Waals surface area contributed by atoms with Gasteiger partial charge in [0.25, 0.3) is 0 Å². The molecule has 0 saturated carbocycles. The van der Waals surface area contributed by atoms with E-state index in [1.807, 2.05) is 0 Å². The number of hydrogen-bond acceptors (Lipinski definition) is 0. The molecular weight excluding hydrogens is 302 g/mol. The summed E-state index contributed by atoms with van der Waals surface area (Å²) in [5.41, 5.74) is 1.52. The van der Waals surface area contributed by atoms with E-state index in [9.17, 15) is 0 Å². The van der Waals surface area contributed by atoms with Crippen LogP contribution in [0.25, 0.3) is 0 Å². The monoisotopic (exact) mass is 346 g/mol. The van der Waals surface area contributed by atoms with Gasteiger partial charge in [0.2, 0.25) is 0 Å². The van der Waals surface area contributed by atoms with Crippen molar-refractivity contribution in [1.82, 2.24) is 0 Å². The molecule has 0 amide bonds. The summed E-state index contributed by atoms with van der Waals surface area (Å²) in [7, 11) is 0. The van der Waals surface area contributed by atoms with Crippen molar-refractivity contribution >= 4 is 0 Å². The lowest BCUT2D eigenvalue weighted by Gasteiger charge is -2.03. The summed E-state index contributed by atoms with van der Waals surface area (Å²) in [6.07, 6.45) is 26.9. The second-order valence-electron chi connectivity index (χ2n) is 7.80. The van der Waals surface area contributed by atoms with E-state index in [4.69, 9.17) is 0 Å². The zero-order valence-corrected chi connectivity index (χ0v) is 17.3.